The van der Waals surface area contributed by atoms with Crippen LogP contribution >= 0.6 is 0 Å². The smallest absolute Gasteiger partial charge is 0.896 e. The van der Waals surface area contributed by atoms with Gasteiger partial charge < -0.3 is 10.0 Å². The van der Waals surface area contributed by atoms with Gasteiger partial charge in [0.2, 0.25) is 0 Å². The van der Waals surface area contributed by atoms with E-state index in [1.165, 1.54) is 0 Å². The van der Waals surface area contributed by atoms with Gasteiger partial charge in [0, 0.05) is 0 Å². The minimum absolute atomic E-state index is 0. The van der Waals surface area contributed by atoms with Crippen molar-refractivity contribution in [3.8, 4) is 0 Å². The molecular weight excluding hydrogens is 250 g/mol. The standard InChI is InChI=1S/BHO2.Pb/c2-1-3;/h1H;/q-2;+2. The van der Waals surface area contributed by atoms with Gasteiger partial charge in [-0.2, -0.15) is 0 Å². The molecule has 0 N–H and O–H groups in total. The van der Waals surface area contributed by atoms with Gasteiger partial charge in [-0.05, 0) is 0 Å². The van der Waals surface area contributed by atoms with Crippen LogP contribution in [0.4, 0.5) is 0 Å². The zero-order valence-corrected chi connectivity index (χ0v) is 5.91. The summed E-state index contributed by atoms with van der Waals surface area (Å²) in [5.74, 6) is 0. The fourth-order valence-corrected chi connectivity index (χ4v) is 0. The first kappa shape index (κ1) is 8.86. The van der Waals surface area contributed by atoms with Crippen LogP contribution in [0.25, 0.3) is 0 Å². The fourth-order valence-electron chi connectivity index (χ4n) is 0. The summed E-state index contributed by atoms with van der Waals surface area (Å²) in [5, 5.41) is 16.8. The van der Waals surface area contributed by atoms with Crippen molar-refractivity contribution in [2.45, 2.75) is 0 Å². The largest absolute Gasteiger partial charge is 2.00 e. The predicted octanol–water partition coefficient (Wildman–Crippen LogP) is -3.41. The Morgan fingerprint density at radius 3 is 1.25 bits per heavy atom. The van der Waals surface area contributed by atoms with Gasteiger partial charge in [0.25, 0.3) is 0 Å². The Morgan fingerprint density at radius 2 is 1.25 bits per heavy atom. The van der Waals surface area contributed by atoms with E-state index in [0.29, 0.717) is 0 Å². The molecule has 0 spiro atoms. The molecule has 0 saturated heterocycles. The molecule has 0 unspecified atom stereocenters. The van der Waals surface area contributed by atoms with Crippen molar-refractivity contribution < 1.29 is 10.0 Å². The molecule has 0 aliphatic carbocycles. The van der Waals surface area contributed by atoms with E-state index in [0.717, 1.165) is 0 Å². The molecule has 2 nitrogen and oxygen atoms in total. The average Bonchev–Trinajstić information content (AvgIpc) is 0.918. The van der Waals surface area contributed by atoms with Crippen molar-refractivity contribution in [2.24, 2.45) is 0 Å². The SMILES string of the molecule is [O-]B[O-].[Pb+2]. The van der Waals surface area contributed by atoms with Gasteiger partial charge in [-0.15, -0.1) is 7.69 Å². The molecule has 0 bridgehead atoms. The third-order valence-corrected chi connectivity index (χ3v) is 0. The summed E-state index contributed by atoms with van der Waals surface area (Å²) >= 11 is 0. The van der Waals surface area contributed by atoms with Crippen LogP contribution in [-0.4, -0.2) is 35.0 Å². The topological polar surface area (TPSA) is 46.1 Å². The molecule has 0 amide bonds. The summed E-state index contributed by atoms with van der Waals surface area (Å²) in [6, 6.07) is 0. The van der Waals surface area contributed by atoms with Crippen LogP contribution in [0.15, 0.2) is 0 Å². The predicted molar refractivity (Wildman–Crippen MR) is 12.9 cm³/mol. The molecule has 0 aromatic rings. The fraction of sp³-hybridized carbons (Fsp3) is 0. The van der Waals surface area contributed by atoms with E-state index in [2.05, 4.69) is 0 Å². The Morgan fingerprint density at radius 1 is 1.25 bits per heavy atom. The maximum absolute atomic E-state index is 8.38. The molecule has 20 valence electrons. The minimum atomic E-state index is -1.25. The summed E-state index contributed by atoms with van der Waals surface area (Å²) in [7, 11) is -1.25. The van der Waals surface area contributed by atoms with Crippen molar-refractivity contribution in [2.75, 3.05) is 0 Å². The second kappa shape index (κ2) is 9.08. The Balaban J connectivity index is 0. The van der Waals surface area contributed by atoms with Crippen molar-refractivity contribution in [3.63, 3.8) is 0 Å². The van der Waals surface area contributed by atoms with Gasteiger partial charge in [0.05, 0.1) is 0 Å². The van der Waals surface area contributed by atoms with E-state index in [4.69, 9.17) is 10.0 Å². The van der Waals surface area contributed by atoms with E-state index in [-0.39, 0.29) is 27.3 Å². The molecule has 0 heterocycles. The number of hydrogen-bond donors (Lipinski definition) is 0. The van der Waals surface area contributed by atoms with Crippen LogP contribution in [-0.2, 0) is 0 Å². The third-order valence-electron chi connectivity index (χ3n) is 0. The van der Waals surface area contributed by atoms with E-state index in [1.807, 2.05) is 0 Å². The zero-order chi connectivity index (χ0) is 2.71. The van der Waals surface area contributed by atoms with E-state index in [9.17, 15) is 0 Å². The second-order valence-electron chi connectivity index (χ2n) is 0.118. The maximum Gasteiger partial charge on any atom is 2.00 e. The molecule has 0 saturated carbocycles. The van der Waals surface area contributed by atoms with Crippen LogP contribution < -0.4 is 10.0 Å². The van der Waals surface area contributed by atoms with Crippen molar-refractivity contribution in [3.05, 3.63) is 0 Å². The van der Waals surface area contributed by atoms with E-state index >= 15 is 0 Å². The van der Waals surface area contributed by atoms with Crippen LogP contribution in [0.1, 0.15) is 0 Å². The summed E-state index contributed by atoms with van der Waals surface area (Å²) in [6.07, 6.45) is 0. The summed E-state index contributed by atoms with van der Waals surface area (Å²) in [4.78, 5) is 0. The Kier molecular flexibility index (Phi) is 20.1. The Hall–Kier alpha value is 0.907. The van der Waals surface area contributed by atoms with E-state index in [1.54, 1.807) is 0 Å². The molecule has 0 fully saturated rings. The van der Waals surface area contributed by atoms with E-state index < -0.39 is 7.69 Å². The first-order valence-corrected chi connectivity index (χ1v) is 0.577. The first-order chi connectivity index (χ1) is 1.41. The van der Waals surface area contributed by atoms with Crippen LogP contribution in [0.2, 0.25) is 0 Å². The maximum atomic E-state index is 8.38. The molecule has 0 aromatic heterocycles. The van der Waals surface area contributed by atoms with Gasteiger partial charge in [0.15, 0.2) is 0 Å². The molecule has 0 aromatic carbocycles. The third kappa shape index (κ3) is 12.9. The van der Waals surface area contributed by atoms with Crippen LogP contribution in [0.3, 0.4) is 0 Å². The van der Waals surface area contributed by atoms with Gasteiger partial charge in [-0.3, -0.25) is 0 Å². The van der Waals surface area contributed by atoms with Crippen molar-refractivity contribution in [1.29, 1.82) is 0 Å². The Labute approximate surface area is 45.3 Å². The summed E-state index contributed by atoms with van der Waals surface area (Å²) in [5.41, 5.74) is 0. The minimum Gasteiger partial charge on any atom is -0.896 e. The van der Waals surface area contributed by atoms with Gasteiger partial charge in [-0.25, -0.2) is 0 Å². The first-order valence-electron chi connectivity index (χ1n) is 0.577. The number of rotatable bonds is 0. The van der Waals surface area contributed by atoms with Crippen molar-refractivity contribution >= 4 is 35.0 Å². The second-order valence-corrected chi connectivity index (χ2v) is 0.118. The molecule has 0 rings (SSSR count). The molecule has 2 radical (unpaired) electrons. The molecule has 0 aliphatic heterocycles. The Bertz CT molecular complexity index is 6.00. The molecule has 4 heavy (non-hydrogen) atoms. The summed E-state index contributed by atoms with van der Waals surface area (Å²) < 4.78 is 0. The monoisotopic (exact) mass is 252 g/mol. The molecular formula is HBO2Pb. The number of hydrogen-bond acceptors (Lipinski definition) is 2. The normalized spacial score (nSPS) is 3.50. The van der Waals surface area contributed by atoms with Gasteiger partial charge in [-0.1, -0.05) is 0 Å². The van der Waals surface area contributed by atoms with Crippen LogP contribution in [0.5, 0.6) is 0 Å². The van der Waals surface area contributed by atoms with Gasteiger partial charge in [0.1, 0.15) is 0 Å². The van der Waals surface area contributed by atoms with Crippen molar-refractivity contribution in [1.82, 2.24) is 0 Å². The average molecular weight is 251 g/mol. The molecule has 0 aliphatic rings. The quantitative estimate of drug-likeness (QED) is 0.421. The molecule has 4 heteroatoms. The summed E-state index contributed by atoms with van der Waals surface area (Å²) in [6.45, 7) is 0. The molecule has 0 atom stereocenters. The zero-order valence-electron chi connectivity index (χ0n) is 2.02. The van der Waals surface area contributed by atoms with Crippen LogP contribution in [0, 0.1) is 0 Å². The van der Waals surface area contributed by atoms with Gasteiger partial charge >= 0.3 is 27.3 Å².